The summed E-state index contributed by atoms with van der Waals surface area (Å²) >= 11 is 0. The molecule has 0 aliphatic rings. The molecule has 0 fully saturated rings. The van der Waals surface area contributed by atoms with Gasteiger partial charge in [-0.05, 0) is 19.4 Å². The summed E-state index contributed by atoms with van der Waals surface area (Å²) in [7, 11) is 0. The molecule has 0 aromatic heterocycles. The maximum atomic E-state index is 13.6. The molecule has 0 aliphatic heterocycles. The molecular formula is C15H21F2NO2. The average molecular weight is 285 g/mol. The molecule has 1 aromatic rings. The number of aliphatic hydroxyl groups is 1. The molecule has 1 rings (SSSR count). The molecule has 0 bridgehead atoms. The van der Waals surface area contributed by atoms with Gasteiger partial charge >= 0.3 is 0 Å². The van der Waals surface area contributed by atoms with Gasteiger partial charge in [0.15, 0.2) is 0 Å². The first-order valence-corrected chi connectivity index (χ1v) is 6.81. The Bertz CT molecular complexity index is 461. The molecule has 0 saturated carbocycles. The van der Waals surface area contributed by atoms with Crippen molar-refractivity contribution in [3.8, 4) is 0 Å². The van der Waals surface area contributed by atoms with Gasteiger partial charge in [-0.1, -0.05) is 25.8 Å². The molecule has 2 N–H and O–H groups in total. The normalized spacial score (nSPS) is 13.8. The first-order valence-electron chi connectivity index (χ1n) is 6.81. The Morgan fingerprint density at radius 3 is 2.65 bits per heavy atom. The lowest BCUT2D eigenvalue weighted by atomic mass is 9.95. The highest BCUT2D eigenvalue weighted by molar-refractivity contribution is 5.75. The van der Waals surface area contributed by atoms with E-state index in [1.807, 2.05) is 6.92 Å². The Labute approximate surface area is 118 Å². The number of rotatable bonds is 7. The van der Waals surface area contributed by atoms with Crippen LogP contribution < -0.4 is 5.32 Å². The third kappa shape index (κ3) is 4.89. The zero-order valence-electron chi connectivity index (χ0n) is 11.9. The van der Waals surface area contributed by atoms with Crippen LogP contribution in [-0.4, -0.2) is 17.6 Å². The molecular weight excluding hydrogens is 264 g/mol. The molecule has 0 saturated heterocycles. The van der Waals surface area contributed by atoms with E-state index in [4.69, 9.17) is 0 Å². The highest BCUT2D eigenvalue weighted by Crippen LogP contribution is 2.23. The highest BCUT2D eigenvalue weighted by atomic mass is 19.1. The van der Waals surface area contributed by atoms with Gasteiger partial charge in [0.2, 0.25) is 5.91 Å². The number of carbonyl (C=O) groups excluding carboxylic acids is 1. The van der Waals surface area contributed by atoms with Crippen molar-refractivity contribution in [2.75, 3.05) is 6.54 Å². The van der Waals surface area contributed by atoms with Crippen molar-refractivity contribution >= 4 is 5.91 Å². The van der Waals surface area contributed by atoms with Crippen LogP contribution in [0.5, 0.6) is 0 Å². The fraction of sp³-hybridized carbons (Fsp3) is 0.533. The quantitative estimate of drug-likeness (QED) is 0.757. The summed E-state index contributed by atoms with van der Waals surface area (Å²) in [5.41, 5.74) is -1.61. The number of carbonyl (C=O) groups is 1. The van der Waals surface area contributed by atoms with E-state index >= 15 is 0 Å². The van der Waals surface area contributed by atoms with Gasteiger partial charge in [-0.3, -0.25) is 4.79 Å². The minimum absolute atomic E-state index is 0.0345. The average Bonchev–Trinajstić information content (AvgIpc) is 2.36. The van der Waals surface area contributed by atoms with Gasteiger partial charge in [0.25, 0.3) is 0 Å². The summed E-state index contributed by atoms with van der Waals surface area (Å²) in [4.78, 5) is 11.6. The van der Waals surface area contributed by atoms with E-state index in [9.17, 15) is 18.7 Å². The van der Waals surface area contributed by atoms with E-state index in [1.54, 1.807) is 0 Å². The molecule has 0 heterocycles. The lowest BCUT2D eigenvalue weighted by molar-refractivity contribution is -0.122. The topological polar surface area (TPSA) is 49.3 Å². The minimum Gasteiger partial charge on any atom is -0.383 e. The monoisotopic (exact) mass is 285 g/mol. The molecule has 3 nitrogen and oxygen atoms in total. The summed E-state index contributed by atoms with van der Waals surface area (Å²) in [5.74, 6) is -1.71. The van der Waals surface area contributed by atoms with Crippen LogP contribution in [0.25, 0.3) is 0 Å². The smallest absolute Gasteiger partial charge is 0.220 e. The van der Waals surface area contributed by atoms with E-state index in [1.165, 1.54) is 13.0 Å². The van der Waals surface area contributed by atoms with Gasteiger partial charge in [0, 0.05) is 18.1 Å². The summed E-state index contributed by atoms with van der Waals surface area (Å²) in [6, 6.07) is 2.98. The van der Waals surface area contributed by atoms with Gasteiger partial charge in [0.05, 0.1) is 6.54 Å². The van der Waals surface area contributed by atoms with Gasteiger partial charge in [-0.15, -0.1) is 0 Å². The SMILES string of the molecule is CCCCCC(=O)NCC(C)(O)c1ccc(F)cc1F. The lowest BCUT2D eigenvalue weighted by Gasteiger charge is -2.24. The fourth-order valence-corrected chi connectivity index (χ4v) is 1.92. The summed E-state index contributed by atoms with van der Waals surface area (Å²) < 4.78 is 26.4. The van der Waals surface area contributed by atoms with Crippen molar-refractivity contribution in [2.45, 2.75) is 45.1 Å². The number of hydrogen-bond acceptors (Lipinski definition) is 2. The van der Waals surface area contributed by atoms with E-state index in [-0.39, 0.29) is 18.0 Å². The summed E-state index contributed by atoms with van der Waals surface area (Å²) in [6.07, 6.45) is 3.16. The first-order chi connectivity index (χ1) is 9.36. The molecule has 1 atom stereocenters. The molecule has 0 aliphatic carbocycles. The van der Waals surface area contributed by atoms with Crippen LogP contribution >= 0.6 is 0 Å². The van der Waals surface area contributed by atoms with Crippen molar-refractivity contribution in [1.29, 1.82) is 0 Å². The van der Waals surface area contributed by atoms with Crippen molar-refractivity contribution in [3.63, 3.8) is 0 Å². The lowest BCUT2D eigenvalue weighted by Crippen LogP contribution is -2.39. The maximum absolute atomic E-state index is 13.6. The largest absolute Gasteiger partial charge is 0.383 e. The highest BCUT2D eigenvalue weighted by Gasteiger charge is 2.27. The first kappa shape index (κ1) is 16.6. The third-order valence-electron chi connectivity index (χ3n) is 3.15. The minimum atomic E-state index is -1.57. The number of hydrogen-bond donors (Lipinski definition) is 2. The Morgan fingerprint density at radius 2 is 2.05 bits per heavy atom. The van der Waals surface area contributed by atoms with Crippen LogP contribution in [0.2, 0.25) is 0 Å². The Balaban J connectivity index is 2.58. The zero-order chi connectivity index (χ0) is 15.2. The summed E-state index contributed by atoms with van der Waals surface area (Å²) in [6.45, 7) is 3.32. The molecule has 0 radical (unpaired) electrons. The van der Waals surface area contributed by atoms with Crippen molar-refractivity contribution in [3.05, 3.63) is 35.4 Å². The Kier molecular flexibility index (Phi) is 6.07. The van der Waals surface area contributed by atoms with Crippen LogP contribution in [0.1, 0.15) is 45.1 Å². The fourth-order valence-electron chi connectivity index (χ4n) is 1.92. The molecule has 0 spiro atoms. The predicted octanol–water partition coefficient (Wildman–Crippen LogP) is 2.87. The number of halogens is 2. The molecule has 20 heavy (non-hydrogen) atoms. The molecule has 1 aromatic carbocycles. The van der Waals surface area contributed by atoms with Gasteiger partial charge in [-0.25, -0.2) is 8.78 Å². The van der Waals surface area contributed by atoms with Crippen LogP contribution in [0.3, 0.4) is 0 Å². The third-order valence-corrected chi connectivity index (χ3v) is 3.15. The van der Waals surface area contributed by atoms with Gasteiger partial charge in [-0.2, -0.15) is 0 Å². The van der Waals surface area contributed by atoms with E-state index in [0.29, 0.717) is 12.5 Å². The zero-order valence-corrected chi connectivity index (χ0v) is 11.9. The van der Waals surface area contributed by atoms with Crippen LogP contribution in [-0.2, 0) is 10.4 Å². The van der Waals surface area contributed by atoms with E-state index in [0.717, 1.165) is 25.3 Å². The number of amides is 1. The Hall–Kier alpha value is -1.49. The van der Waals surface area contributed by atoms with E-state index in [2.05, 4.69) is 5.32 Å². The number of nitrogens with one attached hydrogen (secondary N) is 1. The second-order valence-corrected chi connectivity index (χ2v) is 5.13. The molecule has 1 amide bonds. The standard InChI is InChI=1S/C15H21F2NO2/c1-3-4-5-6-14(19)18-10-15(2,20)12-8-7-11(16)9-13(12)17/h7-9,20H,3-6,10H2,1-2H3,(H,18,19). The molecule has 5 heteroatoms. The van der Waals surface area contributed by atoms with Crippen molar-refractivity contribution < 1.29 is 18.7 Å². The van der Waals surface area contributed by atoms with Crippen LogP contribution in [0.15, 0.2) is 18.2 Å². The van der Waals surface area contributed by atoms with Gasteiger partial charge < -0.3 is 10.4 Å². The number of benzene rings is 1. The van der Waals surface area contributed by atoms with Crippen molar-refractivity contribution in [2.24, 2.45) is 0 Å². The summed E-state index contributed by atoms with van der Waals surface area (Å²) in [5, 5.41) is 12.8. The second-order valence-electron chi connectivity index (χ2n) is 5.13. The Morgan fingerprint density at radius 1 is 1.35 bits per heavy atom. The predicted molar refractivity (Wildman–Crippen MR) is 73.1 cm³/mol. The van der Waals surface area contributed by atoms with Crippen LogP contribution in [0, 0.1) is 11.6 Å². The van der Waals surface area contributed by atoms with Crippen molar-refractivity contribution in [1.82, 2.24) is 5.32 Å². The maximum Gasteiger partial charge on any atom is 0.220 e. The molecule has 112 valence electrons. The molecule has 1 unspecified atom stereocenters. The van der Waals surface area contributed by atoms with E-state index < -0.39 is 17.2 Å². The van der Waals surface area contributed by atoms with Gasteiger partial charge in [0.1, 0.15) is 17.2 Å². The number of unbranched alkanes of at least 4 members (excludes halogenated alkanes) is 2. The van der Waals surface area contributed by atoms with Crippen LogP contribution in [0.4, 0.5) is 8.78 Å². The second kappa shape index (κ2) is 7.33.